The maximum Gasteiger partial charge on any atom is 0.0613 e. The fourth-order valence-corrected chi connectivity index (χ4v) is 2.36. The molecule has 0 spiro atoms. The summed E-state index contributed by atoms with van der Waals surface area (Å²) >= 11 is 0. The second kappa shape index (κ2) is 8.04. The van der Waals surface area contributed by atoms with Gasteiger partial charge in [-0.3, -0.25) is 0 Å². The third kappa shape index (κ3) is 5.83. The number of piperidine rings is 1. The van der Waals surface area contributed by atoms with Crippen LogP contribution >= 0.6 is 0 Å². The summed E-state index contributed by atoms with van der Waals surface area (Å²) in [7, 11) is 1.76. The average molecular weight is 228 g/mol. The molecule has 1 aliphatic heterocycles. The van der Waals surface area contributed by atoms with E-state index >= 15 is 0 Å². The molecule has 0 radical (unpaired) electrons. The van der Waals surface area contributed by atoms with Gasteiger partial charge in [-0.25, -0.2) is 0 Å². The topological polar surface area (TPSA) is 24.5 Å². The molecule has 0 amide bonds. The highest BCUT2D eigenvalue weighted by Crippen LogP contribution is 2.10. The Morgan fingerprint density at radius 2 is 1.88 bits per heavy atom. The van der Waals surface area contributed by atoms with Gasteiger partial charge in [0, 0.05) is 19.7 Å². The summed E-state index contributed by atoms with van der Waals surface area (Å²) < 4.78 is 5.11. The molecule has 96 valence electrons. The van der Waals surface area contributed by atoms with Crippen molar-refractivity contribution in [2.24, 2.45) is 5.92 Å². The highest BCUT2D eigenvalue weighted by Gasteiger charge is 2.13. The van der Waals surface area contributed by atoms with E-state index in [1.165, 1.54) is 38.9 Å². The lowest BCUT2D eigenvalue weighted by atomic mass is 10.1. The Bertz CT molecular complexity index is 169. The standard InChI is InChI=1S/C13H28N2O/c1-12(9-14-13(2)11-16-3)10-15-7-5-4-6-8-15/h12-14H,4-11H2,1-3H3. The summed E-state index contributed by atoms with van der Waals surface area (Å²) in [5, 5.41) is 3.52. The van der Waals surface area contributed by atoms with Crippen molar-refractivity contribution in [3.05, 3.63) is 0 Å². The van der Waals surface area contributed by atoms with Gasteiger partial charge in [-0.15, -0.1) is 0 Å². The van der Waals surface area contributed by atoms with Crippen molar-refractivity contribution in [2.75, 3.05) is 39.9 Å². The van der Waals surface area contributed by atoms with Crippen molar-refractivity contribution in [3.63, 3.8) is 0 Å². The first kappa shape index (κ1) is 13.9. The maximum atomic E-state index is 5.11. The zero-order chi connectivity index (χ0) is 11.8. The minimum atomic E-state index is 0.466. The normalized spacial score (nSPS) is 21.9. The minimum Gasteiger partial charge on any atom is -0.383 e. The highest BCUT2D eigenvalue weighted by molar-refractivity contribution is 4.70. The molecular formula is C13H28N2O. The van der Waals surface area contributed by atoms with E-state index in [0.717, 1.165) is 19.1 Å². The fourth-order valence-electron chi connectivity index (χ4n) is 2.36. The van der Waals surface area contributed by atoms with E-state index < -0.39 is 0 Å². The van der Waals surface area contributed by atoms with Crippen molar-refractivity contribution in [1.82, 2.24) is 10.2 Å². The first-order valence-corrected chi connectivity index (χ1v) is 6.67. The number of hydrogen-bond donors (Lipinski definition) is 1. The molecule has 16 heavy (non-hydrogen) atoms. The van der Waals surface area contributed by atoms with Gasteiger partial charge in [0.05, 0.1) is 6.61 Å². The largest absolute Gasteiger partial charge is 0.383 e. The van der Waals surface area contributed by atoms with E-state index in [2.05, 4.69) is 24.1 Å². The lowest BCUT2D eigenvalue weighted by Crippen LogP contribution is -2.39. The van der Waals surface area contributed by atoms with Crippen LogP contribution in [0, 0.1) is 5.92 Å². The Balaban J connectivity index is 2.07. The van der Waals surface area contributed by atoms with Gasteiger partial charge in [0.1, 0.15) is 0 Å². The second-order valence-corrected chi connectivity index (χ2v) is 5.23. The van der Waals surface area contributed by atoms with E-state index in [1.807, 2.05) is 0 Å². The Kier molecular flexibility index (Phi) is 7.01. The summed E-state index contributed by atoms with van der Waals surface area (Å²) in [5.41, 5.74) is 0. The van der Waals surface area contributed by atoms with Gasteiger partial charge in [0.25, 0.3) is 0 Å². The first-order valence-electron chi connectivity index (χ1n) is 6.67. The Morgan fingerprint density at radius 1 is 1.19 bits per heavy atom. The van der Waals surface area contributed by atoms with Gasteiger partial charge >= 0.3 is 0 Å². The molecule has 2 unspecified atom stereocenters. The van der Waals surface area contributed by atoms with Crippen molar-refractivity contribution in [2.45, 2.75) is 39.2 Å². The molecule has 1 N–H and O–H groups in total. The molecular weight excluding hydrogens is 200 g/mol. The van der Waals surface area contributed by atoms with Crippen LogP contribution in [0.3, 0.4) is 0 Å². The van der Waals surface area contributed by atoms with Crippen LogP contribution in [0.2, 0.25) is 0 Å². The summed E-state index contributed by atoms with van der Waals surface area (Å²) in [4.78, 5) is 2.61. The van der Waals surface area contributed by atoms with Crippen LogP contribution in [0.4, 0.5) is 0 Å². The van der Waals surface area contributed by atoms with E-state index in [-0.39, 0.29) is 0 Å². The van der Waals surface area contributed by atoms with Crippen LogP contribution in [0.5, 0.6) is 0 Å². The molecule has 1 rings (SSSR count). The number of nitrogens with zero attached hydrogens (tertiary/aromatic N) is 1. The van der Waals surface area contributed by atoms with Gasteiger partial charge in [-0.05, 0) is 45.3 Å². The summed E-state index contributed by atoms with van der Waals surface area (Å²) in [5.74, 6) is 0.734. The van der Waals surface area contributed by atoms with E-state index in [4.69, 9.17) is 4.74 Å². The van der Waals surface area contributed by atoms with E-state index in [9.17, 15) is 0 Å². The van der Waals surface area contributed by atoms with Crippen LogP contribution in [-0.2, 0) is 4.74 Å². The number of ether oxygens (including phenoxy) is 1. The van der Waals surface area contributed by atoms with Crippen LogP contribution in [0.1, 0.15) is 33.1 Å². The van der Waals surface area contributed by atoms with Crippen molar-refractivity contribution < 1.29 is 4.74 Å². The highest BCUT2D eigenvalue weighted by atomic mass is 16.5. The zero-order valence-electron chi connectivity index (χ0n) is 11.2. The molecule has 1 saturated heterocycles. The number of nitrogens with one attached hydrogen (secondary N) is 1. The fraction of sp³-hybridized carbons (Fsp3) is 1.00. The van der Waals surface area contributed by atoms with E-state index in [1.54, 1.807) is 7.11 Å². The molecule has 1 heterocycles. The predicted molar refractivity (Wildman–Crippen MR) is 68.8 cm³/mol. The van der Waals surface area contributed by atoms with Crippen LogP contribution in [0.15, 0.2) is 0 Å². The SMILES string of the molecule is COCC(C)NCC(C)CN1CCCCC1. The monoisotopic (exact) mass is 228 g/mol. The van der Waals surface area contributed by atoms with Crippen molar-refractivity contribution in [1.29, 1.82) is 0 Å². The van der Waals surface area contributed by atoms with E-state index in [0.29, 0.717) is 6.04 Å². The van der Waals surface area contributed by atoms with Gasteiger partial charge in [0.15, 0.2) is 0 Å². The first-order chi connectivity index (χ1) is 7.72. The third-order valence-electron chi connectivity index (χ3n) is 3.25. The van der Waals surface area contributed by atoms with Crippen LogP contribution < -0.4 is 5.32 Å². The van der Waals surface area contributed by atoms with Crippen molar-refractivity contribution >= 4 is 0 Å². The number of methoxy groups -OCH3 is 1. The second-order valence-electron chi connectivity index (χ2n) is 5.23. The molecule has 0 aromatic rings. The lowest BCUT2D eigenvalue weighted by Gasteiger charge is -2.29. The molecule has 0 aromatic carbocycles. The number of hydrogen-bond acceptors (Lipinski definition) is 3. The van der Waals surface area contributed by atoms with Gasteiger partial charge < -0.3 is 15.0 Å². The van der Waals surface area contributed by atoms with Gasteiger partial charge in [-0.1, -0.05) is 13.3 Å². The summed E-state index contributed by atoms with van der Waals surface area (Å²) in [6, 6.07) is 0.466. The molecule has 0 aromatic heterocycles. The van der Waals surface area contributed by atoms with Gasteiger partial charge in [-0.2, -0.15) is 0 Å². The quantitative estimate of drug-likeness (QED) is 0.718. The molecule has 1 fully saturated rings. The van der Waals surface area contributed by atoms with Gasteiger partial charge in [0.2, 0.25) is 0 Å². The average Bonchev–Trinajstić information content (AvgIpc) is 2.28. The summed E-state index contributed by atoms with van der Waals surface area (Å²) in [6.45, 7) is 10.3. The molecule has 1 aliphatic rings. The molecule has 3 nitrogen and oxygen atoms in total. The molecule has 3 heteroatoms. The van der Waals surface area contributed by atoms with Crippen LogP contribution in [-0.4, -0.2) is 50.8 Å². The molecule has 2 atom stereocenters. The zero-order valence-corrected chi connectivity index (χ0v) is 11.2. The predicted octanol–water partition coefficient (Wildman–Crippen LogP) is 1.73. The maximum absolute atomic E-state index is 5.11. The van der Waals surface area contributed by atoms with Crippen LogP contribution in [0.25, 0.3) is 0 Å². The Labute approximate surface area is 101 Å². The Morgan fingerprint density at radius 3 is 2.50 bits per heavy atom. The molecule has 0 saturated carbocycles. The molecule has 0 bridgehead atoms. The van der Waals surface area contributed by atoms with Crippen molar-refractivity contribution in [3.8, 4) is 0 Å². The summed E-state index contributed by atoms with van der Waals surface area (Å²) in [6.07, 6.45) is 4.20. The minimum absolute atomic E-state index is 0.466. The third-order valence-corrected chi connectivity index (χ3v) is 3.25. The number of likely N-dealkylation sites (tertiary alicyclic amines) is 1. The number of rotatable bonds is 7. The lowest BCUT2D eigenvalue weighted by molar-refractivity contribution is 0.163. The Hall–Kier alpha value is -0.120. The molecule has 0 aliphatic carbocycles. The smallest absolute Gasteiger partial charge is 0.0613 e.